The van der Waals surface area contributed by atoms with Gasteiger partial charge in [-0.05, 0) is 31.2 Å². The number of hydrogen-bond acceptors (Lipinski definition) is 7. The van der Waals surface area contributed by atoms with Crippen LogP contribution in [0.3, 0.4) is 0 Å². The molecular formula is C22H30ClN7O2. The lowest BCUT2D eigenvalue weighted by molar-refractivity contribution is 0.0967. The molecule has 172 valence electrons. The van der Waals surface area contributed by atoms with Crippen molar-refractivity contribution in [1.29, 1.82) is 0 Å². The molecule has 10 heteroatoms. The zero-order valence-electron chi connectivity index (χ0n) is 18.2. The van der Waals surface area contributed by atoms with Crippen molar-refractivity contribution in [3.8, 4) is 0 Å². The van der Waals surface area contributed by atoms with Gasteiger partial charge in [0.25, 0.3) is 5.91 Å². The number of ketones is 1. The number of aliphatic imine (C=N–C) groups is 1. The molecular weight excluding hydrogens is 430 g/mol. The summed E-state index contributed by atoms with van der Waals surface area (Å²) >= 11 is 5.77. The van der Waals surface area contributed by atoms with Crippen LogP contribution in [0.2, 0.25) is 5.15 Å². The van der Waals surface area contributed by atoms with Gasteiger partial charge in [-0.15, -0.1) is 0 Å². The van der Waals surface area contributed by atoms with Crippen LogP contribution in [0, 0.1) is 0 Å². The van der Waals surface area contributed by atoms with Crippen molar-refractivity contribution < 1.29 is 9.59 Å². The van der Waals surface area contributed by atoms with Gasteiger partial charge in [-0.2, -0.15) is 0 Å². The number of hydrogen-bond donors (Lipinski definition) is 4. The molecule has 32 heavy (non-hydrogen) atoms. The van der Waals surface area contributed by atoms with Gasteiger partial charge in [0.1, 0.15) is 0 Å². The number of guanidine groups is 1. The van der Waals surface area contributed by atoms with Crippen molar-refractivity contribution in [2.24, 2.45) is 10.7 Å². The van der Waals surface area contributed by atoms with E-state index in [0.29, 0.717) is 13.0 Å². The minimum absolute atomic E-state index is 0.0462. The third-order valence-corrected chi connectivity index (χ3v) is 5.08. The Kier molecular flexibility index (Phi) is 9.87. The molecule has 0 aliphatic heterocycles. The van der Waals surface area contributed by atoms with Crippen molar-refractivity contribution in [2.75, 3.05) is 18.0 Å². The maximum absolute atomic E-state index is 12.2. The first-order valence-electron chi connectivity index (χ1n) is 10.6. The molecule has 0 atom stereocenters. The Morgan fingerprint density at radius 1 is 1.03 bits per heavy atom. The average molecular weight is 460 g/mol. The maximum Gasteiger partial charge on any atom is 0.280 e. The van der Waals surface area contributed by atoms with E-state index in [9.17, 15) is 9.59 Å². The summed E-state index contributed by atoms with van der Waals surface area (Å²) in [5.74, 6) is -0.718. The van der Waals surface area contributed by atoms with E-state index in [1.165, 1.54) is 0 Å². The number of halogens is 1. The number of Topliss-reactive ketones (excluding diaryl/α,β-unsaturated/α-hetero) is 1. The number of anilines is 2. The third-order valence-electron chi connectivity index (χ3n) is 4.80. The second-order valence-electron chi connectivity index (χ2n) is 7.39. The zero-order chi connectivity index (χ0) is 23.5. The van der Waals surface area contributed by atoms with Crippen LogP contribution in [-0.2, 0) is 6.42 Å². The lowest BCUT2D eigenvalue weighted by Gasteiger charge is -2.07. The van der Waals surface area contributed by atoms with Gasteiger partial charge in [-0.3, -0.25) is 19.9 Å². The van der Waals surface area contributed by atoms with E-state index in [1.807, 2.05) is 24.3 Å². The molecule has 0 bridgehead atoms. The van der Waals surface area contributed by atoms with Crippen LogP contribution in [0.4, 0.5) is 11.6 Å². The van der Waals surface area contributed by atoms with Gasteiger partial charge in [0.05, 0.1) is 0 Å². The fourth-order valence-electron chi connectivity index (χ4n) is 3.00. The Morgan fingerprint density at radius 3 is 2.44 bits per heavy atom. The quantitative estimate of drug-likeness (QED) is 0.173. The zero-order valence-corrected chi connectivity index (χ0v) is 19.0. The van der Waals surface area contributed by atoms with Gasteiger partial charge in [0.15, 0.2) is 34.2 Å². The Hall–Kier alpha value is -3.20. The molecule has 0 saturated heterocycles. The van der Waals surface area contributed by atoms with E-state index in [0.717, 1.165) is 49.7 Å². The topological polar surface area (TPSA) is 162 Å². The van der Waals surface area contributed by atoms with E-state index in [2.05, 4.69) is 27.2 Å². The first kappa shape index (κ1) is 25.1. The summed E-state index contributed by atoms with van der Waals surface area (Å²) in [7, 11) is 0. The number of amides is 1. The first-order valence-corrected chi connectivity index (χ1v) is 11.0. The molecule has 1 amide bonds. The minimum Gasteiger partial charge on any atom is -0.382 e. The van der Waals surface area contributed by atoms with Gasteiger partial charge in [-0.1, -0.05) is 55.6 Å². The number of nitrogen functional groups attached to an aromatic ring is 2. The van der Waals surface area contributed by atoms with E-state index in [4.69, 9.17) is 28.8 Å². The van der Waals surface area contributed by atoms with Gasteiger partial charge < -0.3 is 17.2 Å². The predicted molar refractivity (Wildman–Crippen MR) is 128 cm³/mol. The fraction of sp³-hybridized carbons (Fsp3) is 0.409. The number of nitrogens with one attached hydrogen (secondary N) is 1. The molecule has 0 unspecified atom stereocenters. The van der Waals surface area contributed by atoms with Crippen molar-refractivity contribution in [1.82, 2.24) is 15.3 Å². The molecule has 0 spiro atoms. The molecule has 9 nitrogen and oxygen atoms in total. The number of benzene rings is 1. The molecule has 7 N–H and O–H groups in total. The summed E-state index contributed by atoms with van der Waals surface area (Å²) in [5, 5.41) is 2.29. The molecule has 1 aromatic carbocycles. The van der Waals surface area contributed by atoms with Gasteiger partial charge in [-0.25, -0.2) is 9.97 Å². The summed E-state index contributed by atoms with van der Waals surface area (Å²) in [6.45, 7) is 2.57. The predicted octanol–water partition coefficient (Wildman–Crippen LogP) is 3.12. The van der Waals surface area contributed by atoms with Crippen LogP contribution in [0.25, 0.3) is 0 Å². The molecule has 2 rings (SSSR count). The third kappa shape index (κ3) is 7.81. The number of aromatic nitrogens is 2. The van der Waals surface area contributed by atoms with Crippen LogP contribution in [0.15, 0.2) is 29.3 Å². The highest BCUT2D eigenvalue weighted by atomic mass is 35.5. The van der Waals surface area contributed by atoms with Crippen LogP contribution in [-0.4, -0.2) is 34.2 Å². The highest BCUT2D eigenvalue weighted by molar-refractivity contribution is 6.31. The number of carbonyl (C=O) groups excluding carboxylic acids is 2. The largest absolute Gasteiger partial charge is 0.382 e. The van der Waals surface area contributed by atoms with E-state index >= 15 is 0 Å². The van der Waals surface area contributed by atoms with Crippen LogP contribution in [0.1, 0.15) is 71.9 Å². The number of rotatable bonds is 11. The van der Waals surface area contributed by atoms with E-state index < -0.39 is 5.91 Å². The molecule has 0 aliphatic rings. The first-order chi connectivity index (χ1) is 15.3. The second kappa shape index (κ2) is 12.6. The van der Waals surface area contributed by atoms with Gasteiger partial charge in [0, 0.05) is 18.5 Å². The number of nitrogens with two attached hydrogens (primary N) is 3. The summed E-state index contributed by atoms with van der Waals surface area (Å²) < 4.78 is 0. The second-order valence-corrected chi connectivity index (χ2v) is 7.75. The maximum atomic E-state index is 12.2. The highest BCUT2D eigenvalue weighted by Gasteiger charge is 2.16. The summed E-state index contributed by atoms with van der Waals surface area (Å²) in [5.41, 5.74) is 18.6. The lowest BCUT2D eigenvalue weighted by Crippen LogP contribution is -2.38. The number of carbonyl (C=O) groups is 2. The monoisotopic (exact) mass is 459 g/mol. The molecule has 0 aliphatic carbocycles. The molecule has 0 saturated carbocycles. The van der Waals surface area contributed by atoms with E-state index in [1.54, 1.807) is 0 Å². The minimum atomic E-state index is -0.664. The summed E-state index contributed by atoms with van der Waals surface area (Å²) in [6.07, 6.45) is 6.27. The molecule has 1 aromatic heterocycles. The molecule has 0 radical (unpaired) electrons. The summed E-state index contributed by atoms with van der Waals surface area (Å²) in [6, 6.07) is 7.78. The van der Waals surface area contributed by atoms with Crippen molar-refractivity contribution in [3.05, 3.63) is 46.2 Å². The number of unbranched alkanes of at least 4 members (excludes halogenated alkanes) is 3. The Bertz CT molecular complexity index is 961. The average Bonchev–Trinajstić information content (AvgIpc) is 2.76. The van der Waals surface area contributed by atoms with Crippen LogP contribution < -0.4 is 22.5 Å². The lowest BCUT2D eigenvalue weighted by atomic mass is 10.0. The number of aryl methyl sites for hydroxylation is 1. The SMILES string of the molecule is CCCCCC(=O)c1ccc(CCCCN=C(N)NC(=O)c2nc(Cl)c(N)nc2N)cc1. The molecule has 2 aromatic rings. The summed E-state index contributed by atoms with van der Waals surface area (Å²) in [4.78, 5) is 36.0. The van der Waals surface area contributed by atoms with Crippen molar-refractivity contribution in [2.45, 2.75) is 51.9 Å². The van der Waals surface area contributed by atoms with Crippen LogP contribution in [0.5, 0.6) is 0 Å². The highest BCUT2D eigenvalue weighted by Crippen LogP contribution is 2.17. The van der Waals surface area contributed by atoms with Gasteiger partial charge in [0.2, 0.25) is 0 Å². The Morgan fingerprint density at radius 2 is 1.75 bits per heavy atom. The number of nitrogens with zero attached hydrogens (tertiary/aromatic N) is 3. The smallest absolute Gasteiger partial charge is 0.280 e. The normalized spacial score (nSPS) is 11.4. The van der Waals surface area contributed by atoms with Crippen LogP contribution >= 0.6 is 11.6 Å². The van der Waals surface area contributed by atoms with E-state index in [-0.39, 0.29) is 34.2 Å². The Labute approximate surface area is 192 Å². The van der Waals surface area contributed by atoms with Crippen molar-refractivity contribution >= 4 is 40.9 Å². The van der Waals surface area contributed by atoms with Gasteiger partial charge >= 0.3 is 0 Å². The van der Waals surface area contributed by atoms with Crippen molar-refractivity contribution in [3.63, 3.8) is 0 Å². The molecule has 1 heterocycles. The standard InChI is InChI=1S/C22H30ClN7O2/c1-2-3-4-8-16(31)15-11-9-14(10-12-15)7-5-6-13-27-22(26)30-21(32)17-19(24)29-20(25)18(23)28-17/h9-12H,2-8,13H2,1H3,(H4,24,25,29)(H3,26,27,30,32). The fourth-order valence-corrected chi connectivity index (χ4v) is 3.13. The molecule has 0 fully saturated rings. The Balaban J connectivity index is 1.74.